The highest BCUT2D eigenvalue weighted by atomic mass is 16.4. The number of urea groups is 1. The zero-order chi connectivity index (χ0) is 14.0. The second-order valence-corrected chi connectivity index (χ2v) is 5.88. The van der Waals surface area contributed by atoms with Crippen LogP contribution in [0.25, 0.3) is 0 Å². The molecular formula is C12H22N2O4. The van der Waals surface area contributed by atoms with Crippen molar-refractivity contribution in [2.24, 2.45) is 0 Å². The minimum Gasteiger partial charge on any atom is -0.481 e. The van der Waals surface area contributed by atoms with Gasteiger partial charge in [-0.1, -0.05) is 0 Å². The van der Waals surface area contributed by atoms with Crippen molar-refractivity contribution in [3.8, 4) is 0 Å². The Balaban J connectivity index is 2.46. The first-order valence-corrected chi connectivity index (χ1v) is 6.13. The van der Waals surface area contributed by atoms with E-state index >= 15 is 0 Å². The fraction of sp³-hybridized carbons (Fsp3) is 0.833. The molecule has 0 aromatic heterocycles. The molecule has 3 N–H and O–H groups in total. The van der Waals surface area contributed by atoms with E-state index in [9.17, 15) is 14.7 Å². The molecular weight excluding hydrogens is 236 g/mol. The molecule has 6 heteroatoms. The largest absolute Gasteiger partial charge is 0.481 e. The van der Waals surface area contributed by atoms with Gasteiger partial charge < -0.3 is 20.4 Å². The molecule has 104 valence electrons. The normalized spacial score (nSPS) is 24.1. The first-order valence-electron chi connectivity index (χ1n) is 6.13. The van der Waals surface area contributed by atoms with E-state index in [-0.39, 0.29) is 12.5 Å². The van der Waals surface area contributed by atoms with Crippen LogP contribution in [0.1, 0.15) is 40.0 Å². The van der Waals surface area contributed by atoms with Crippen LogP contribution in [-0.2, 0) is 4.79 Å². The van der Waals surface area contributed by atoms with Crippen molar-refractivity contribution in [2.45, 2.75) is 51.2 Å². The highest BCUT2D eigenvalue weighted by molar-refractivity contribution is 5.75. The number of carbonyl (C=O) groups is 2. The molecule has 1 heterocycles. The lowest BCUT2D eigenvalue weighted by atomic mass is 9.99. The molecule has 18 heavy (non-hydrogen) atoms. The van der Waals surface area contributed by atoms with Crippen LogP contribution < -0.4 is 5.32 Å². The summed E-state index contributed by atoms with van der Waals surface area (Å²) in [5, 5.41) is 21.2. The van der Waals surface area contributed by atoms with Crippen LogP contribution in [-0.4, -0.2) is 51.3 Å². The fourth-order valence-corrected chi connectivity index (χ4v) is 1.97. The van der Waals surface area contributed by atoms with Crippen LogP contribution in [0.15, 0.2) is 0 Å². The van der Waals surface area contributed by atoms with Gasteiger partial charge in [-0.15, -0.1) is 0 Å². The summed E-state index contributed by atoms with van der Waals surface area (Å²) >= 11 is 0. The van der Waals surface area contributed by atoms with E-state index in [4.69, 9.17) is 5.11 Å². The third-order valence-electron chi connectivity index (χ3n) is 3.15. The van der Waals surface area contributed by atoms with E-state index in [0.29, 0.717) is 25.9 Å². The van der Waals surface area contributed by atoms with E-state index in [1.165, 1.54) is 0 Å². The molecule has 0 radical (unpaired) electrons. The highest BCUT2D eigenvalue weighted by Gasteiger charge is 2.35. The summed E-state index contributed by atoms with van der Waals surface area (Å²) in [7, 11) is 0. The molecule has 0 aliphatic carbocycles. The van der Waals surface area contributed by atoms with Gasteiger partial charge in [-0.25, -0.2) is 4.79 Å². The summed E-state index contributed by atoms with van der Waals surface area (Å²) in [5.41, 5.74) is -1.38. The van der Waals surface area contributed by atoms with E-state index < -0.39 is 17.1 Å². The molecule has 1 saturated heterocycles. The molecule has 6 nitrogen and oxygen atoms in total. The third-order valence-corrected chi connectivity index (χ3v) is 3.15. The lowest BCUT2D eigenvalue weighted by molar-refractivity contribution is -0.137. The number of hydrogen-bond donors (Lipinski definition) is 3. The van der Waals surface area contributed by atoms with Gasteiger partial charge in [0.15, 0.2) is 0 Å². The second kappa shape index (κ2) is 5.14. The minimum atomic E-state index is -0.874. The van der Waals surface area contributed by atoms with Gasteiger partial charge in [0.05, 0.1) is 12.1 Å². The van der Waals surface area contributed by atoms with E-state index in [1.807, 2.05) is 0 Å². The predicted molar refractivity (Wildman–Crippen MR) is 66.3 cm³/mol. The quantitative estimate of drug-likeness (QED) is 0.695. The van der Waals surface area contributed by atoms with Crippen molar-refractivity contribution in [1.82, 2.24) is 10.2 Å². The van der Waals surface area contributed by atoms with Crippen molar-refractivity contribution in [3.63, 3.8) is 0 Å². The number of rotatable bonds is 4. The summed E-state index contributed by atoms with van der Waals surface area (Å²) in [6.45, 7) is 6.13. The van der Waals surface area contributed by atoms with Gasteiger partial charge in [0, 0.05) is 18.5 Å². The molecule has 1 atom stereocenters. The average Bonchev–Trinajstić information content (AvgIpc) is 2.55. The molecule has 0 aromatic rings. The maximum atomic E-state index is 11.9. The fourth-order valence-electron chi connectivity index (χ4n) is 1.97. The van der Waals surface area contributed by atoms with Gasteiger partial charge in [0.25, 0.3) is 0 Å². The average molecular weight is 258 g/mol. The number of likely N-dealkylation sites (tertiary alicyclic amines) is 1. The molecule has 2 amide bonds. The number of hydrogen-bond acceptors (Lipinski definition) is 3. The third kappa shape index (κ3) is 4.52. The van der Waals surface area contributed by atoms with Crippen molar-refractivity contribution < 1.29 is 19.8 Å². The van der Waals surface area contributed by atoms with Crippen LogP contribution in [0.4, 0.5) is 4.79 Å². The number of amides is 2. The molecule has 0 saturated carbocycles. The highest BCUT2D eigenvalue weighted by Crippen LogP contribution is 2.21. The second-order valence-electron chi connectivity index (χ2n) is 5.88. The van der Waals surface area contributed by atoms with Gasteiger partial charge in [0.2, 0.25) is 0 Å². The predicted octanol–water partition coefficient (Wildman–Crippen LogP) is 0.796. The number of nitrogens with zero attached hydrogens (tertiary/aromatic N) is 1. The number of nitrogens with one attached hydrogen (secondary N) is 1. The van der Waals surface area contributed by atoms with E-state index in [2.05, 4.69) is 5.32 Å². The molecule has 1 fully saturated rings. The molecule has 1 unspecified atom stereocenters. The zero-order valence-electron chi connectivity index (χ0n) is 11.2. The Kier molecular flexibility index (Phi) is 4.21. The molecule has 1 rings (SSSR count). The first-order chi connectivity index (χ1) is 8.11. The molecule has 0 spiro atoms. The maximum Gasteiger partial charge on any atom is 0.317 e. The van der Waals surface area contributed by atoms with Gasteiger partial charge >= 0.3 is 12.0 Å². The van der Waals surface area contributed by atoms with Crippen molar-refractivity contribution in [2.75, 3.05) is 13.1 Å². The van der Waals surface area contributed by atoms with Crippen molar-refractivity contribution in [3.05, 3.63) is 0 Å². The number of carbonyl (C=O) groups excluding carboxylic acids is 1. The monoisotopic (exact) mass is 258 g/mol. The van der Waals surface area contributed by atoms with Gasteiger partial charge in [-0.3, -0.25) is 4.79 Å². The summed E-state index contributed by atoms with van der Waals surface area (Å²) in [6.07, 6.45) is 0.958. The Morgan fingerprint density at radius 2 is 2.06 bits per heavy atom. The van der Waals surface area contributed by atoms with Gasteiger partial charge in [-0.2, -0.15) is 0 Å². The number of carboxylic acids is 1. The lowest BCUT2D eigenvalue weighted by Crippen LogP contribution is -2.50. The lowest BCUT2D eigenvalue weighted by Gasteiger charge is -2.29. The number of carboxylic acid groups (broad SMARTS) is 1. The summed E-state index contributed by atoms with van der Waals surface area (Å²) in [5.74, 6) is -0.874. The Bertz CT molecular complexity index is 339. The van der Waals surface area contributed by atoms with Gasteiger partial charge in [-0.05, 0) is 33.6 Å². The molecule has 1 aliphatic heterocycles. The van der Waals surface area contributed by atoms with Crippen LogP contribution in [0.5, 0.6) is 0 Å². The van der Waals surface area contributed by atoms with Crippen LogP contribution >= 0.6 is 0 Å². The molecule has 0 bridgehead atoms. The summed E-state index contributed by atoms with van der Waals surface area (Å²) in [6, 6.07) is -0.247. The van der Waals surface area contributed by atoms with Crippen LogP contribution in [0.3, 0.4) is 0 Å². The number of aliphatic carboxylic acids is 1. The Morgan fingerprint density at radius 3 is 2.50 bits per heavy atom. The van der Waals surface area contributed by atoms with Gasteiger partial charge in [0.1, 0.15) is 0 Å². The van der Waals surface area contributed by atoms with E-state index in [0.717, 1.165) is 0 Å². The van der Waals surface area contributed by atoms with Crippen LogP contribution in [0.2, 0.25) is 0 Å². The smallest absolute Gasteiger partial charge is 0.317 e. The Labute approximate surface area is 107 Å². The Morgan fingerprint density at radius 1 is 1.44 bits per heavy atom. The number of β-amino-alcohol motifs (C(OH)–C–C–N with tert-alkyl or cyclic N) is 1. The van der Waals surface area contributed by atoms with Crippen molar-refractivity contribution in [1.29, 1.82) is 0 Å². The first kappa shape index (κ1) is 14.8. The zero-order valence-corrected chi connectivity index (χ0v) is 11.2. The summed E-state index contributed by atoms with van der Waals surface area (Å²) < 4.78 is 0. The van der Waals surface area contributed by atoms with Crippen LogP contribution in [0, 0.1) is 0 Å². The molecule has 1 aliphatic rings. The summed E-state index contributed by atoms with van der Waals surface area (Å²) in [4.78, 5) is 24.0. The van der Waals surface area contributed by atoms with E-state index in [1.54, 1.807) is 25.7 Å². The van der Waals surface area contributed by atoms with Crippen molar-refractivity contribution >= 4 is 12.0 Å². The molecule has 0 aromatic carbocycles. The SMILES string of the molecule is CC1(O)CCN(C(=O)NC(C)(C)CCC(=O)O)C1. The standard InChI is InChI=1S/C12H22N2O4/c1-11(2,5-4-9(15)16)13-10(17)14-7-6-12(3,18)8-14/h18H,4-8H2,1-3H3,(H,13,17)(H,15,16). The number of aliphatic hydroxyl groups is 1. The maximum absolute atomic E-state index is 11.9. The topological polar surface area (TPSA) is 89.9 Å². The minimum absolute atomic E-state index is 0.0188. The Hall–Kier alpha value is -1.30.